The van der Waals surface area contributed by atoms with Crippen LogP contribution in [0.1, 0.15) is 12.2 Å². The van der Waals surface area contributed by atoms with Gasteiger partial charge < -0.3 is 15.6 Å². The molecule has 0 aliphatic carbocycles. The van der Waals surface area contributed by atoms with Crippen molar-refractivity contribution < 1.29 is 4.79 Å². The second-order valence-electron chi connectivity index (χ2n) is 4.32. The van der Waals surface area contributed by atoms with Crippen LogP contribution in [0.2, 0.25) is 5.02 Å². The Morgan fingerprint density at radius 2 is 2.29 bits per heavy atom. The molecule has 0 saturated carbocycles. The fourth-order valence-electron chi connectivity index (χ4n) is 1.67. The number of rotatable bonds is 6. The molecule has 1 amide bonds. The predicted octanol–water partition coefficient (Wildman–Crippen LogP) is 2.05. The molecule has 112 valence electrons. The second kappa shape index (κ2) is 7.44. The molecular formula is C13H16ClN5OS. The highest BCUT2D eigenvalue weighted by molar-refractivity contribution is 7.99. The molecule has 1 aromatic carbocycles. The molecule has 2 rings (SSSR count). The average molecular weight is 326 g/mol. The minimum absolute atomic E-state index is 0.0639. The third kappa shape index (κ3) is 4.45. The highest BCUT2D eigenvalue weighted by Crippen LogP contribution is 2.18. The van der Waals surface area contributed by atoms with Crippen molar-refractivity contribution in [2.75, 3.05) is 11.1 Å². The lowest BCUT2D eigenvalue weighted by atomic mass is 10.3. The van der Waals surface area contributed by atoms with Gasteiger partial charge in [0.1, 0.15) is 5.82 Å². The van der Waals surface area contributed by atoms with E-state index in [1.165, 1.54) is 11.8 Å². The molecule has 0 aliphatic rings. The zero-order valence-corrected chi connectivity index (χ0v) is 13.1. The second-order valence-corrected chi connectivity index (χ2v) is 5.82. The van der Waals surface area contributed by atoms with E-state index in [1.807, 2.05) is 11.6 Å². The number of benzene rings is 1. The van der Waals surface area contributed by atoms with Gasteiger partial charge in [-0.25, -0.2) is 0 Å². The van der Waals surface area contributed by atoms with E-state index in [4.69, 9.17) is 17.3 Å². The number of carbonyl (C=O) groups is 1. The maximum absolute atomic E-state index is 11.8. The van der Waals surface area contributed by atoms with Gasteiger partial charge in [-0.2, -0.15) is 0 Å². The van der Waals surface area contributed by atoms with Gasteiger partial charge in [0, 0.05) is 29.9 Å². The van der Waals surface area contributed by atoms with Crippen LogP contribution in [0.15, 0.2) is 29.4 Å². The molecule has 0 saturated heterocycles. The number of hydrogen-bond donors (Lipinski definition) is 2. The molecule has 21 heavy (non-hydrogen) atoms. The third-order valence-corrected chi connectivity index (χ3v) is 4.03. The Labute approximate surface area is 132 Å². The Kier molecular flexibility index (Phi) is 5.60. The van der Waals surface area contributed by atoms with Crippen molar-refractivity contribution in [3.63, 3.8) is 0 Å². The van der Waals surface area contributed by atoms with Crippen LogP contribution in [0.4, 0.5) is 5.69 Å². The number of thioether (sulfide) groups is 1. The maximum Gasteiger partial charge on any atom is 0.225 e. The van der Waals surface area contributed by atoms with Gasteiger partial charge in [-0.05, 0) is 18.2 Å². The monoisotopic (exact) mass is 325 g/mol. The fourth-order valence-corrected chi connectivity index (χ4v) is 2.73. The minimum Gasteiger partial charge on any atom is -0.326 e. The Morgan fingerprint density at radius 3 is 2.95 bits per heavy atom. The van der Waals surface area contributed by atoms with Gasteiger partial charge in [-0.3, -0.25) is 4.79 Å². The average Bonchev–Trinajstić information content (AvgIpc) is 2.79. The summed E-state index contributed by atoms with van der Waals surface area (Å²) in [6.45, 7) is 0.347. The first-order chi connectivity index (χ1) is 10.1. The summed E-state index contributed by atoms with van der Waals surface area (Å²) in [6.07, 6.45) is 0.377. The molecule has 1 aromatic heterocycles. The Balaban J connectivity index is 1.80. The number of aromatic nitrogens is 3. The summed E-state index contributed by atoms with van der Waals surface area (Å²) in [6, 6.07) is 7.06. The Bertz CT molecular complexity index is 631. The summed E-state index contributed by atoms with van der Waals surface area (Å²) >= 11 is 7.33. The van der Waals surface area contributed by atoms with E-state index in [0.717, 1.165) is 11.0 Å². The number of halogens is 1. The van der Waals surface area contributed by atoms with Gasteiger partial charge in [0.2, 0.25) is 5.91 Å². The fraction of sp³-hybridized carbons (Fsp3) is 0.308. The quantitative estimate of drug-likeness (QED) is 0.794. The lowest BCUT2D eigenvalue weighted by molar-refractivity contribution is -0.115. The Hall–Kier alpha value is -1.57. The number of nitrogens with zero attached hydrogens (tertiary/aromatic N) is 3. The summed E-state index contributed by atoms with van der Waals surface area (Å²) in [5.41, 5.74) is 6.23. The summed E-state index contributed by atoms with van der Waals surface area (Å²) in [5.74, 6) is 1.27. The standard InChI is InChI=1S/C13H16ClN5OS/c1-19-11(8-15)17-18-13(19)21-6-5-12(20)16-10-4-2-3-9(14)7-10/h2-4,7H,5-6,8,15H2,1H3,(H,16,20). The van der Waals surface area contributed by atoms with E-state index in [0.29, 0.717) is 29.4 Å². The Morgan fingerprint density at radius 1 is 1.48 bits per heavy atom. The molecule has 0 fully saturated rings. The van der Waals surface area contributed by atoms with Gasteiger partial charge in [0.25, 0.3) is 0 Å². The van der Waals surface area contributed by atoms with Crippen molar-refractivity contribution >= 4 is 35.0 Å². The molecular weight excluding hydrogens is 310 g/mol. The van der Waals surface area contributed by atoms with Crippen LogP contribution >= 0.6 is 23.4 Å². The van der Waals surface area contributed by atoms with Crippen LogP contribution in [-0.2, 0) is 18.4 Å². The molecule has 0 radical (unpaired) electrons. The molecule has 0 bridgehead atoms. The van der Waals surface area contributed by atoms with Crippen LogP contribution in [0.5, 0.6) is 0 Å². The molecule has 6 nitrogen and oxygen atoms in total. The smallest absolute Gasteiger partial charge is 0.225 e. The summed E-state index contributed by atoms with van der Waals surface area (Å²) in [4.78, 5) is 11.8. The van der Waals surface area contributed by atoms with E-state index in [1.54, 1.807) is 24.3 Å². The van der Waals surface area contributed by atoms with E-state index < -0.39 is 0 Å². The van der Waals surface area contributed by atoms with Crippen molar-refractivity contribution in [1.29, 1.82) is 0 Å². The SMILES string of the molecule is Cn1c(CN)nnc1SCCC(=O)Nc1cccc(Cl)c1. The molecule has 0 spiro atoms. The summed E-state index contributed by atoms with van der Waals surface area (Å²) in [5, 5.41) is 12.1. The zero-order valence-electron chi connectivity index (χ0n) is 11.5. The lowest BCUT2D eigenvalue weighted by Crippen LogP contribution is -2.12. The number of anilines is 1. The minimum atomic E-state index is -0.0639. The number of hydrogen-bond acceptors (Lipinski definition) is 5. The largest absolute Gasteiger partial charge is 0.326 e. The molecule has 0 unspecified atom stereocenters. The van der Waals surface area contributed by atoms with Crippen LogP contribution in [0.25, 0.3) is 0 Å². The van der Waals surface area contributed by atoms with Crippen LogP contribution in [-0.4, -0.2) is 26.4 Å². The number of carbonyl (C=O) groups excluding carboxylic acids is 1. The predicted molar refractivity (Wildman–Crippen MR) is 84.3 cm³/mol. The van der Waals surface area contributed by atoms with Crippen molar-refractivity contribution in [2.45, 2.75) is 18.1 Å². The highest BCUT2D eigenvalue weighted by Gasteiger charge is 2.09. The molecule has 1 heterocycles. The van der Waals surface area contributed by atoms with Crippen molar-refractivity contribution in [3.05, 3.63) is 35.1 Å². The van der Waals surface area contributed by atoms with E-state index in [2.05, 4.69) is 15.5 Å². The maximum atomic E-state index is 11.8. The lowest BCUT2D eigenvalue weighted by Gasteiger charge is -2.05. The zero-order chi connectivity index (χ0) is 15.2. The van der Waals surface area contributed by atoms with Crippen LogP contribution in [0.3, 0.4) is 0 Å². The van der Waals surface area contributed by atoms with Crippen molar-refractivity contribution in [1.82, 2.24) is 14.8 Å². The molecule has 0 atom stereocenters. The first kappa shape index (κ1) is 15.8. The van der Waals surface area contributed by atoms with Crippen molar-refractivity contribution in [3.8, 4) is 0 Å². The van der Waals surface area contributed by atoms with Gasteiger partial charge in [0.15, 0.2) is 5.16 Å². The van der Waals surface area contributed by atoms with Crippen LogP contribution < -0.4 is 11.1 Å². The normalized spacial score (nSPS) is 10.6. The first-order valence-electron chi connectivity index (χ1n) is 6.36. The third-order valence-electron chi connectivity index (χ3n) is 2.78. The number of nitrogens with one attached hydrogen (secondary N) is 1. The molecule has 8 heteroatoms. The van der Waals surface area contributed by atoms with Gasteiger partial charge >= 0.3 is 0 Å². The first-order valence-corrected chi connectivity index (χ1v) is 7.73. The van der Waals surface area contributed by atoms with Gasteiger partial charge in [0.05, 0.1) is 6.54 Å². The molecule has 2 aromatic rings. The highest BCUT2D eigenvalue weighted by atomic mass is 35.5. The van der Waals surface area contributed by atoms with E-state index in [9.17, 15) is 4.79 Å². The van der Waals surface area contributed by atoms with E-state index >= 15 is 0 Å². The number of nitrogens with two attached hydrogens (primary N) is 1. The molecule has 3 N–H and O–H groups in total. The van der Waals surface area contributed by atoms with Crippen molar-refractivity contribution in [2.24, 2.45) is 12.8 Å². The summed E-state index contributed by atoms with van der Waals surface area (Å²) in [7, 11) is 1.86. The number of amides is 1. The topological polar surface area (TPSA) is 85.8 Å². The molecule has 0 aliphatic heterocycles. The van der Waals surface area contributed by atoms with E-state index in [-0.39, 0.29) is 5.91 Å². The van der Waals surface area contributed by atoms with Gasteiger partial charge in [-0.15, -0.1) is 10.2 Å². The van der Waals surface area contributed by atoms with Gasteiger partial charge in [-0.1, -0.05) is 29.4 Å². The summed E-state index contributed by atoms with van der Waals surface area (Å²) < 4.78 is 1.83. The van der Waals surface area contributed by atoms with Crippen LogP contribution in [0, 0.1) is 0 Å².